The van der Waals surface area contributed by atoms with Crippen LogP contribution in [0, 0.1) is 0 Å². The van der Waals surface area contributed by atoms with Crippen LogP contribution in [0.15, 0.2) is 42.5 Å². The number of benzene rings is 2. The summed E-state index contributed by atoms with van der Waals surface area (Å²) in [6, 6.07) is 12.0. The van der Waals surface area contributed by atoms with Gasteiger partial charge in [0.1, 0.15) is 0 Å². The van der Waals surface area contributed by atoms with E-state index in [1.54, 1.807) is 36.4 Å². The smallest absolute Gasteiger partial charge is 0.255 e. The molecule has 0 saturated carbocycles. The molecule has 0 aliphatic rings. The lowest BCUT2D eigenvalue weighted by Crippen LogP contribution is -2.12. The molecule has 1 N–H and O–H groups in total. The Balaban J connectivity index is 2.20. The second-order valence-corrected chi connectivity index (χ2v) is 5.02. The van der Waals surface area contributed by atoms with Gasteiger partial charge in [0, 0.05) is 16.5 Å². The van der Waals surface area contributed by atoms with E-state index < -0.39 is 0 Å². The van der Waals surface area contributed by atoms with E-state index in [-0.39, 0.29) is 5.91 Å². The molecule has 0 atom stereocenters. The second kappa shape index (κ2) is 6.29. The number of amides is 1. The molecule has 0 radical (unpaired) electrons. The van der Waals surface area contributed by atoms with Crippen molar-refractivity contribution in [3.63, 3.8) is 0 Å². The van der Waals surface area contributed by atoms with E-state index >= 15 is 0 Å². The van der Waals surface area contributed by atoms with Crippen molar-refractivity contribution in [2.75, 3.05) is 5.32 Å². The summed E-state index contributed by atoms with van der Waals surface area (Å²) in [5.41, 5.74) is 1.94. The van der Waals surface area contributed by atoms with Gasteiger partial charge < -0.3 is 5.32 Å². The molecule has 19 heavy (non-hydrogen) atoms. The molecule has 0 unspecified atom stereocenters. The van der Waals surface area contributed by atoms with E-state index in [4.69, 9.17) is 34.8 Å². The Morgan fingerprint density at radius 3 is 2.58 bits per heavy atom. The van der Waals surface area contributed by atoms with Crippen molar-refractivity contribution in [3.8, 4) is 0 Å². The summed E-state index contributed by atoms with van der Waals surface area (Å²) in [5.74, 6) is 0.124. The summed E-state index contributed by atoms with van der Waals surface area (Å²) >= 11 is 17.5. The molecule has 2 rings (SSSR count). The van der Waals surface area contributed by atoms with E-state index in [2.05, 4.69) is 5.32 Å². The Hall–Kier alpha value is -1.22. The standard InChI is InChI=1S/C14H10Cl3NO/c15-8-9-2-1-3-10(6-9)14(19)18-13-5-4-11(16)7-12(13)17/h1-7H,8H2,(H,18,19). The Bertz CT molecular complexity index is 613. The monoisotopic (exact) mass is 313 g/mol. The number of nitrogens with one attached hydrogen (secondary N) is 1. The first-order valence-corrected chi connectivity index (χ1v) is 6.80. The number of rotatable bonds is 3. The third-order valence-corrected chi connectivity index (χ3v) is 3.38. The van der Waals surface area contributed by atoms with Gasteiger partial charge in [-0.25, -0.2) is 0 Å². The number of alkyl halides is 1. The molecule has 0 bridgehead atoms. The zero-order chi connectivity index (χ0) is 13.8. The molecule has 0 aliphatic carbocycles. The SMILES string of the molecule is O=C(Nc1ccc(Cl)cc1Cl)c1cccc(CCl)c1. The third kappa shape index (κ3) is 3.63. The molecule has 0 aromatic heterocycles. The van der Waals surface area contributed by atoms with Crippen LogP contribution in [-0.2, 0) is 5.88 Å². The average Bonchev–Trinajstić information content (AvgIpc) is 2.42. The van der Waals surface area contributed by atoms with Crippen LogP contribution in [-0.4, -0.2) is 5.91 Å². The van der Waals surface area contributed by atoms with Crippen molar-refractivity contribution in [1.29, 1.82) is 0 Å². The highest BCUT2D eigenvalue weighted by Crippen LogP contribution is 2.25. The highest BCUT2D eigenvalue weighted by Gasteiger charge is 2.09. The minimum Gasteiger partial charge on any atom is -0.321 e. The molecule has 2 nitrogen and oxygen atoms in total. The van der Waals surface area contributed by atoms with Gasteiger partial charge in [0.15, 0.2) is 0 Å². The summed E-state index contributed by atoms with van der Waals surface area (Å²) in [5, 5.41) is 3.65. The van der Waals surface area contributed by atoms with E-state index in [9.17, 15) is 4.79 Å². The third-order valence-electron chi connectivity index (χ3n) is 2.52. The molecule has 0 heterocycles. The number of hydrogen-bond donors (Lipinski definition) is 1. The summed E-state index contributed by atoms with van der Waals surface area (Å²) < 4.78 is 0. The lowest BCUT2D eigenvalue weighted by Gasteiger charge is -2.08. The van der Waals surface area contributed by atoms with Crippen LogP contribution in [0.5, 0.6) is 0 Å². The van der Waals surface area contributed by atoms with Crippen molar-refractivity contribution in [2.24, 2.45) is 0 Å². The van der Waals surface area contributed by atoms with E-state index in [0.29, 0.717) is 27.2 Å². The molecule has 0 fully saturated rings. The molecular weight excluding hydrogens is 305 g/mol. The van der Waals surface area contributed by atoms with Crippen molar-refractivity contribution < 1.29 is 4.79 Å². The lowest BCUT2D eigenvalue weighted by molar-refractivity contribution is 0.102. The average molecular weight is 315 g/mol. The van der Waals surface area contributed by atoms with Gasteiger partial charge >= 0.3 is 0 Å². The second-order valence-electron chi connectivity index (χ2n) is 3.91. The van der Waals surface area contributed by atoms with Gasteiger partial charge in [0.25, 0.3) is 5.91 Å². The van der Waals surface area contributed by atoms with Gasteiger partial charge in [0.05, 0.1) is 10.7 Å². The fourth-order valence-corrected chi connectivity index (χ4v) is 2.20. The quantitative estimate of drug-likeness (QED) is 0.795. The van der Waals surface area contributed by atoms with Crippen LogP contribution in [0.4, 0.5) is 5.69 Å². The van der Waals surface area contributed by atoms with E-state index in [1.807, 2.05) is 6.07 Å². The van der Waals surface area contributed by atoms with Crippen molar-refractivity contribution in [1.82, 2.24) is 0 Å². The Kier molecular flexibility index (Phi) is 4.70. The number of hydrogen-bond acceptors (Lipinski definition) is 1. The van der Waals surface area contributed by atoms with Crippen LogP contribution in [0.3, 0.4) is 0 Å². The van der Waals surface area contributed by atoms with Crippen molar-refractivity contribution >= 4 is 46.4 Å². The fraction of sp³-hybridized carbons (Fsp3) is 0.0714. The topological polar surface area (TPSA) is 29.1 Å². The molecule has 98 valence electrons. The predicted octanol–water partition coefficient (Wildman–Crippen LogP) is 4.98. The van der Waals surface area contributed by atoms with Crippen molar-refractivity contribution in [2.45, 2.75) is 5.88 Å². The zero-order valence-electron chi connectivity index (χ0n) is 9.79. The largest absolute Gasteiger partial charge is 0.321 e. The van der Waals surface area contributed by atoms with Crippen molar-refractivity contribution in [3.05, 3.63) is 63.6 Å². The zero-order valence-corrected chi connectivity index (χ0v) is 12.1. The Labute approximate surface area is 126 Å². The molecule has 0 spiro atoms. The van der Waals surface area contributed by atoms with Gasteiger partial charge in [-0.1, -0.05) is 35.3 Å². The maximum absolute atomic E-state index is 12.1. The van der Waals surface area contributed by atoms with E-state index in [1.165, 1.54) is 0 Å². The summed E-state index contributed by atoms with van der Waals surface area (Å²) in [6.07, 6.45) is 0. The fourth-order valence-electron chi connectivity index (χ4n) is 1.58. The summed E-state index contributed by atoms with van der Waals surface area (Å²) in [4.78, 5) is 12.1. The minimum atomic E-state index is -0.240. The number of carbonyl (C=O) groups excluding carboxylic acids is 1. The first-order valence-electron chi connectivity index (χ1n) is 5.51. The molecule has 0 saturated heterocycles. The highest BCUT2D eigenvalue weighted by molar-refractivity contribution is 6.36. The maximum Gasteiger partial charge on any atom is 0.255 e. The number of anilines is 1. The minimum absolute atomic E-state index is 0.240. The van der Waals surface area contributed by atoms with Gasteiger partial charge in [-0.15, -0.1) is 11.6 Å². The molecule has 2 aromatic carbocycles. The number of halogens is 3. The van der Waals surface area contributed by atoms with E-state index in [0.717, 1.165) is 5.56 Å². The van der Waals surface area contributed by atoms with Gasteiger partial charge in [-0.3, -0.25) is 4.79 Å². The molecule has 2 aromatic rings. The Morgan fingerprint density at radius 2 is 1.89 bits per heavy atom. The maximum atomic E-state index is 12.1. The highest BCUT2D eigenvalue weighted by atomic mass is 35.5. The van der Waals surface area contributed by atoms with Crippen LogP contribution in [0.2, 0.25) is 10.0 Å². The summed E-state index contributed by atoms with van der Waals surface area (Å²) in [6.45, 7) is 0. The van der Waals surface area contributed by atoms with Gasteiger partial charge in [-0.05, 0) is 35.9 Å². The first kappa shape index (κ1) is 14.2. The van der Waals surface area contributed by atoms with Crippen LogP contribution in [0.1, 0.15) is 15.9 Å². The van der Waals surface area contributed by atoms with Gasteiger partial charge in [0.2, 0.25) is 0 Å². The first-order chi connectivity index (χ1) is 9.10. The van der Waals surface area contributed by atoms with Crippen LogP contribution < -0.4 is 5.32 Å². The molecule has 1 amide bonds. The predicted molar refractivity (Wildman–Crippen MR) is 80.4 cm³/mol. The molecule has 0 aliphatic heterocycles. The Morgan fingerprint density at radius 1 is 1.11 bits per heavy atom. The van der Waals surface area contributed by atoms with Gasteiger partial charge in [-0.2, -0.15) is 0 Å². The van der Waals surface area contributed by atoms with Crippen LogP contribution >= 0.6 is 34.8 Å². The normalized spacial score (nSPS) is 10.3. The number of carbonyl (C=O) groups is 1. The van der Waals surface area contributed by atoms with Crippen LogP contribution in [0.25, 0.3) is 0 Å². The molecule has 5 heteroatoms. The molecular formula is C14H10Cl3NO. The summed E-state index contributed by atoms with van der Waals surface area (Å²) in [7, 11) is 0. The lowest BCUT2D eigenvalue weighted by atomic mass is 10.1.